The van der Waals surface area contributed by atoms with Crippen molar-refractivity contribution in [2.45, 2.75) is 47.6 Å². The van der Waals surface area contributed by atoms with Gasteiger partial charge >= 0.3 is 0 Å². The van der Waals surface area contributed by atoms with Gasteiger partial charge < -0.3 is 11.1 Å². The topological polar surface area (TPSA) is 55.1 Å². The van der Waals surface area contributed by atoms with Gasteiger partial charge in [0.2, 0.25) is 5.91 Å². The van der Waals surface area contributed by atoms with E-state index < -0.39 is 0 Å². The summed E-state index contributed by atoms with van der Waals surface area (Å²) in [6, 6.07) is -0.0906. The molecule has 0 aliphatic rings. The summed E-state index contributed by atoms with van der Waals surface area (Å²) in [7, 11) is 0. The van der Waals surface area contributed by atoms with E-state index in [0.717, 1.165) is 0 Å². The van der Waals surface area contributed by atoms with Crippen molar-refractivity contribution in [3.05, 3.63) is 0 Å². The van der Waals surface area contributed by atoms with E-state index in [4.69, 9.17) is 5.73 Å². The van der Waals surface area contributed by atoms with Crippen LogP contribution in [0.1, 0.15) is 41.5 Å². The van der Waals surface area contributed by atoms with Crippen molar-refractivity contribution in [2.75, 3.05) is 6.54 Å². The fourth-order valence-corrected chi connectivity index (χ4v) is 0.919. The molecule has 0 rings (SSSR count). The van der Waals surface area contributed by atoms with Gasteiger partial charge in [-0.1, -0.05) is 34.6 Å². The molecule has 1 amide bonds. The molecule has 0 saturated carbocycles. The minimum Gasteiger partial charge on any atom is -0.355 e. The maximum absolute atomic E-state index is 11.7. The van der Waals surface area contributed by atoms with E-state index in [-0.39, 0.29) is 23.3 Å². The van der Waals surface area contributed by atoms with E-state index in [0.29, 0.717) is 12.5 Å². The van der Waals surface area contributed by atoms with Gasteiger partial charge in [-0.3, -0.25) is 4.79 Å². The first-order chi connectivity index (χ1) is 6.68. The zero-order valence-corrected chi connectivity index (χ0v) is 10.9. The highest BCUT2D eigenvalue weighted by Crippen LogP contribution is 2.24. The van der Waals surface area contributed by atoms with Crippen molar-refractivity contribution in [1.82, 2.24) is 5.32 Å². The molecule has 0 aromatic rings. The second-order valence-electron chi connectivity index (χ2n) is 5.51. The predicted molar refractivity (Wildman–Crippen MR) is 64.4 cm³/mol. The summed E-state index contributed by atoms with van der Waals surface area (Å²) in [6.45, 7) is 13.1. The highest BCUT2D eigenvalue weighted by atomic mass is 16.1. The van der Waals surface area contributed by atoms with Gasteiger partial charge in [-0.15, -0.1) is 0 Å². The van der Waals surface area contributed by atoms with Crippen molar-refractivity contribution < 1.29 is 4.79 Å². The molecule has 2 atom stereocenters. The molecule has 0 aromatic heterocycles. The summed E-state index contributed by atoms with van der Waals surface area (Å²) < 4.78 is 0. The summed E-state index contributed by atoms with van der Waals surface area (Å²) in [5.74, 6) is 0.482. The molecule has 15 heavy (non-hydrogen) atoms. The van der Waals surface area contributed by atoms with E-state index in [1.807, 2.05) is 13.8 Å². The third-order valence-corrected chi connectivity index (χ3v) is 3.48. The molecule has 0 fully saturated rings. The Hall–Kier alpha value is -0.570. The summed E-state index contributed by atoms with van der Waals surface area (Å²) >= 11 is 0. The molecule has 0 aliphatic carbocycles. The van der Waals surface area contributed by atoms with Crippen molar-refractivity contribution >= 4 is 5.91 Å². The second kappa shape index (κ2) is 5.50. The lowest BCUT2D eigenvalue weighted by Gasteiger charge is -2.30. The van der Waals surface area contributed by atoms with Crippen LogP contribution < -0.4 is 11.1 Å². The van der Waals surface area contributed by atoms with Crippen LogP contribution >= 0.6 is 0 Å². The van der Waals surface area contributed by atoms with Gasteiger partial charge in [0, 0.05) is 18.5 Å². The minimum atomic E-state index is -0.118. The van der Waals surface area contributed by atoms with Crippen molar-refractivity contribution in [3.8, 4) is 0 Å². The van der Waals surface area contributed by atoms with Gasteiger partial charge in [0.15, 0.2) is 0 Å². The van der Waals surface area contributed by atoms with Crippen LogP contribution in [0.5, 0.6) is 0 Å². The number of amides is 1. The number of hydrogen-bond acceptors (Lipinski definition) is 2. The largest absolute Gasteiger partial charge is 0.355 e. The molecule has 3 heteroatoms. The fourth-order valence-electron chi connectivity index (χ4n) is 0.919. The zero-order chi connectivity index (χ0) is 12.2. The fraction of sp³-hybridized carbons (Fsp3) is 0.917. The maximum Gasteiger partial charge on any atom is 0.224 e. The van der Waals surface area contributed by atoms with Crippen LogP contribution in [0.4, 0.5) is 0 Å². The monoisotopic (exact) mass is 214 g/mol. The van der Waals surface area contributed by atoms with Crippen molar-refractivity contribution in [1.29, 1.82) is 0 Å². The van der Waals surface area contributed by atoms with Crippen LogP contribution in [0.15, 0.2) is 0 Å². The smallest absolute Gasteiger partial charge is 0.224 e. The molecule has 0 saturated heterocycles. The van der Waals surface area contributed by atoms with Gasteiger partial charge in [-0.25, -0.2) is 0 Å². The Balaban J connectivity index is 4.12. The van der Waals surface area contributed by atoms with Crippen LogP contribution in [-0.4, -0.2) is 18.5 Å². The van der Waals surface area contributed by atoms with E-state index in [1.54, 1.807) is 0 Å². The first-order valence-electron chi connectivity index (χ1n) is 5.71. The van der Waals surface area contributed by atoms with Gasteiger partial charge in [-0.2, -0.15) is 0 Å². The summed E-state index contributed by atoms with van der Waals surface area (Å²) in [5.41, 5.74) is 5.81. The standard InChI is InChI=1S/C12H26N2O/c1-8(2)12(5,6)7-14-11(15)9(3)10(4)13/h8-10H,7,13H2,1-6H3,(H,14,15). The van der Waals surface area contributed by atoms with Crippen molar-refractivity contribution in [3.63, 3.8) is 0 Å². The number of nitrogens with one attached hydrogen (secondary N) is 1. The molecule has 0 aliphatic heterocycles. The van der Waals surface area contributed by atoms with Crippen LogP contribution in [0.2, 0.25) is 0 Å². The van der Waals surface area contributed by atoms with Crippen LogP contribution in [0.3, 0.4) is 0 Å². The molecule has 0 radical (unpaired) electrons. The predicted octanol–water partition coefficient (Wildman–Crippen LogP) is 1.77. The van der Waals surface area contributed by atoms with Gasteiger partial charge in [0.25, 0.3) is 0 Å². The van der Waals surface area contributed by atoms with Gasteiger partial charge in [-0.05, 0) is 18.3 Å². The number of nitrogens with two attached hydrogens (primary N) is 1. The average molecular weight is 214 g/mol. The summed E-state index contributed by atoms with van der Waals surface area (Å²) in [6.07, 6.45) is 0. The van der Waals surface area contributed by atoms with Crippen LogP contribution in [0.25, 0.3) is 0 Å². The SMILES string of the molecule is CC(N)C(C)C(=O)NCC(C)(C)C(C)C. The summed E-state index contributed by atoms with van der Waals surface area (Å²) in [5, 5.41) is 2.97. The third kappa shape index (κ3) is 4.65. The van der Waals surface area contributed by atoms with E-state index in [1.165, 1.54) is 0 Å². The van der Waals surface area contributed by atoms with Crippen LogP contribution in [-0.2, 0) is 4.79 Å². The molecule has 0 heterocycles. The zero-order valence-electron chi connectivity index (χ0n) is 10.9. The lowest BCUT2D eigenvalue weighted by Crippen LogP contribution is -2.43. The Bertz CT molecular complexity index is 210. The Morgan fingerprint density at radius 2 is 1.73 bits per heavy atom. The number of rotatable bonds is 5. The first-order valence-corrected chi connectivity index (χ1v) is 5.71. The number of hydrogen-bond donors (Lipinski definition) is 2. The maximum atomic E-state index is 11.7. The Morgan fingerprint density at radius 3 is 2.07 bits per heavy atom. The number of carbonyl (C=O) groups excluding carboxylic acids is 1. The van der Waals surface area contributed by atoms with E-state index >= 15 is 0 Å². The van der Waals surface area contributed by atoms with E-state index in [2.05, 4.69) is 33.0 Å². The highest BCUT2D eigenvalue weighted by Gasteiger charge is 2.24. The lowest BCUT2D eigenvalue weighted by molar-refractivity contribution is -0.125. The molecular formula is C12H26N2O. The Kier molecular flexibility index (Phi) is 5.29. The van der Waals surface area contributed by atoms with Gasteiger partial charge in [0.1, 0.15) is 0 Å². The normalized spacial score (nSPS) is 16.3. The Morgan fingerprint density at radius 1 is 1.27 bits per heavy atom. The molecule has 3 nitrogen and oxygen atoms in total. The van der Waals surface area contributed by atoms with E-state index in [9.17, 15) is 4.79 Å². The lowest BCUT2D eigenvalue weighted by atomic mass is 9.81. The molecule has 0 aromatic carbocycles. The second-order valence-corrected chi connectivity index (χ2v) is 5.51. The minimum absolute atomic E-state index is 0.0544. The summed E-state index contributed by atoms with van der Waals surface area (Å²) in [4.78, 5) is 11.7. The quantitative estimate of drug-likeness (QED) is 0.733. The molecule has 3 N–H and O–H groups in total. The average Bonchev–Trinajstić information content (AvgIpc) is 2.12. The molecule has 0 bridgehead atoms. The molecular weight excluding hydrogens is 188 g/mol. The Labute approximate surface area is 93.8 Å². The van der Waals surface area contributed by atoms with Gasteiger partial charge in [0.05, 0.1) is 0 Å². The van der Waals surface area contributed by atoms with Crippen molar-refractivity contribution in [2.24, 2.45) is 23.0 Å². The number of carbonyl (C=O) groups is 1. The molecule has 90 valence electrons. The van der Waals surface area contributed by atoms with Crippen LogP contribution in [0, 0.1) is 17.3 Å². The highest BCUT2D eigenvalue weighted by molar-refractivity contribution is 5.78. The first kappa shape index (κ1) is 14.4. The molecule has 2 unspecified atom stereocenters. The third-order valence-electron chi connectivity index (χ3n) is 3.48. The molecule has 0 spiro atoms.